The van der Waals surface area contributed by atoms with E-state index in [1.54, 1.807) is 0 Å². The zero-order valence-electron chi connectivity index (χ0n) is 60.3. The van der Waals surface area contributed by atoms with Gasteiger partial charge in [0.1, 0.15) is 6.61 Å². The van der Waals surface area contributed by atoms with Crippen molar-refractivity contribution in [3.63, 3.8) is 0 Å². The van der Waals surface area contributed by atoms with Crippen LogP contribution in [0.15, 0.2) is 158 Å². The molecule has 92 heavy (non-hydrogen) atoms. The fraction of sp³-hybridized carbons (Fsp3) is 0.678. The molecule has 5 heteroatoms. The molecule has 0 saturated heterocycles. The third kappa shape index (κ3) is 78.0. The first-order valence-corrected chi connectivity index (χ1v) is 39.0. The molecule has 0 amide bonds. The molecule has 1 unspecified atom stereocenters. The average Bonchev–Trinajstić information content (AvgIpc) is 3.64. The summed E-state index contributed by atoms with van der Waals surface area (Å²) in [5.41, 5.74) is 0. The van der Waals surface area contributed by atoms with Crippen molar-refractivity contribution in [1.82, 2.24) is 0 Å². The topological polar surface area (TPSA) is 72.8 Å². The van der Waals surface area contributed by atoms with Crippen molar-refractivity contribution in [2.24, 2.45) is 0 Å². The largest absolute Gasteiger partial charge is 0.462 e. The molecule has 0 rings (SSSR count). The molecule has 0 radical (unpaired) electrons. The fourth-order valence-corrected chi connectivity index (χ4v) is 11.1. The van der Waals surface area contributed by atoms with Crippen molar-refractivity contribution >= 4 is 11.9 Å². The Morgan fingerprint density at radius 3 is 0.652 bits per heavy atom. The zero-order chi connectivity index (χ0) is 66.1. The fourth-order valence-electron chi connectivity index (χ4n) is 11.1. The van der Waals surface area contributed by atoms with Crippen LogP contribution in [0.5, 0.6) is 0 Å². The van der Waals surface area contributed by atoms with Crippen LogP contribution < -0.4 is 0 Å². The van der Waals surface area contributed by atoms with E-state index in [4.69, 9.17) is 9.47 Å². The van der Waals surface area contributed by atoms with Gasteiger partial charge in [0.05, 0.1) is 6.61 Å². The molecule has 0 aliphatic heterocycles. The maximum Gasteiger partial charge on any atom is 0.306 e. The Balaban J connectivity index is 3.46. The van der Waals surface area contributed by atoms with Crippen molar-refractivity contribution in [2.75, 3.05) is 13.2 Å². The van der Waals surface area contributed by atoms with Gasteiger partial charge >= 0.3 is 11.9 Å². The molecule has 0 aromatic carbocycles. The van der Waals surface area contributed by atoms with E-state index in [9.17, 15) is 14.7 Å². The second kappa shape index (κ2) is 80.8. The van der Waals surface area contributed by atoms with Crippen LogP contribution in [0.25, 0.3) is 0 Å². The van der Waals surface area contributed by atoms with E-state index in [2.05, 4.69) is 172 Å². The lowest BCUT2D eigenvalue weighted by Gasteiger charge is -2.15. The zero-order valence-corrected chi connectivity index (χ0v) is 60.3. The molecule has 0 spiro atoms. The molecule has 0 aromatic rings. The van der Waals surface area contributed by atoms with Crippen molar-refractivity contribution in [1.29, 1.82) is 0 Å². The van der Waals surface area contributed by atoms with E-state index in [-0.39, 0.29) is 25.2 Å². The number of hydrogen-bond donors (Lipinski definition) is 1. The predicted molar refractivity (Wildman–Crippen MR) is 407 cm³/mol. The summed E-state index contributed by atoms with van der Waals surface area (Å²) in [6.07, 6.45) is 123. The van der Waals surface area contributed by atoms with E-state index in [0.29, 0.717) is 12.8 Å². The number of esters is 2. The quantitative estimate of drug-likeness (QED) is 0.0373. The average molecular weight is 1270 g/mol. The lowest BCUT2D eigenvalue weighted by atomic mass is 10.0. The van der Waals surface area contributed by atoms with Crippen LogP contribution in [0, 0.1) is 0 Å². The monoisotopic (exact) mass is 1270 g/mol. The van der Waals surface area contributed by atoms with Crippen LogP contribution in [-0.2, 0) is 19.1 Å². The molecule has 0 aliphatic rings. The van der Waals surface area contributed by atoms with Crippen molar-refractivity contribution in [3.05, 3.63) is 158 Å². The van der Waals surface area contributed by atoms with Gasteiger partial charge in [0, 0.05) is 12.8 Å². The molecule has 5 nitrogen and oxygen atoms in total. The summed E-state index contributed by atoms with van der Waals surface area (Å²) in [6, 6.07) is 0. The van der Waals surface area contributed by atoms with Crippen LogP contribution >= 0.6 is 0 Å². The SMILES string of the molecule is CC/C=C\C/C=C\C/C=C\C/C=C\C/C=C\C/C=C\C/C=C\C/C=C\CCCCCCCCCCCCCCCCCCC(=O)OC(CO)COC(=O)CCCCCCCCCCCCCCCCCCCCCCC/C=C\C/C=C\C/C=C\C/C=C\C/C=C\CC. The van der Waals surface area contributed by atoms with Gasteiger partial charge in [-0.2, -0.15) is 0 Å². The molecular weight excluding hydrogens is 1120 g/mol. The molecular formula is C87H146O5. The molecule has 0 saturated carbocycles. The number of allylic oxidation sites excluding steroid dienone is 26. The molecule has 0 bridgehead atoms. The van der Waals surface area contributed by atoms with E-state index in [1.165, 1.54) is 212 Å². The minimum atomic E-state index is -0.780. The predicted octanol–water partition coefficient (Wildman–Crippen LogP) is 27.8. The van der Waals surface area contributed by atoms with E-state index in [1.807, 2.05) is 0 Å². The number of unbranched alkanes of at least 4 members (excludes halogenated alkanes) is 37. The summed E-state index contributed by atoms with van der Waals surface area (Å²) < 4.78 is 10.8. The highest BCUT2D eigenvalue weighted by molar-refractivity contribution is 5.70. The highest BCUT2D eigenvalue weighted by atomic mass is 16.6. The third-order valence-electron chi connectivity index (χ3n) is 16.8. The number of aliphatic hydroxyl groups is 1. The minimum Gasteiger partial charge on any atom is -0.462 e. The Kier molecular flexibility index (Phi) is 76.8. The summed E-state index contributed by atoms with van der Waals surface area (Å²) in [5.74, 6) is -0.580. The van der Waals surface area contributed by atoms with Gasteiger partial charge in [-0.15, -0.1) is 0 Å². The van der Waals surface area contributed by atoms with Crippen molar-refractivity contribution < 1.29 is 24.2 Å². The second-order valence-electron chi connectivity index (χ2n) is 25.7. The smallest absolute Gasteiger partial charge is 0.306 e. The summed E-state index contributed by atoms with van der Waals surface area (Å²) in [6.45, 7) is 3.94. The van der Waals surface area contributed by atoms with Gasteiger partial charge in [-0.3, -0.25) is 9.59 Å². The van der Waals surface area contributed by atoms with Gasteiger partial charge in [0.25, 0.3) is 0 Å². The lowest BCUT2D eigenvalue weighted by molar-refractivity contribution is -0.161. The molecule has 1 atom stereocenters. The lowest BCUT2D eigenvalue weighted by Crippen LogP contribution is -2.28. The first kappa shape index (κ1) is 87.5. The summed E-state index contributed by atoms with van der Waals surface area (Å²) in [4.78, 5) is 24.7. The van der Waals surface area contributed by atoms with Gasteiger partial charge in [-0.1, -0.05) is 384 Å². The Bertz CT molecular complexity index is 1930. The van der Waals surface area contributed by atoms with E-state index < -0.39 is 6.10 Å². The standard InChI is InChI=1S/C87H146O5/c1-3-5-7-9-11-13-15-17-19-21-23-25-27-29-31-33-35-37-39-41-42-43-44-46-48-50-52-54-56-58-60-62-64-66-68-70-72-74-76-78-80-82-87(90)92-85(83-88)84-91-86(89)81-79-77-75-73-71-69-67-65-63-61-59-57-55-53-51-49-47-45-40-38-36-34-32-30-28-26-24-22-20-18-16-14-12-10-8-6-4-2/h5-8,11-14,17-20,23-26,29-32,35,37,41-42,44,46,85,88H,3-4,9-10,15-16,21-22,27-28,33-34,36,38-40,43,45,47-84H2,1-2H3/b7-5-,8-6-,13-11-,14-12-,19-17-,20-18-,25-23-,26-24-,31-29-,32-30-,37-35-,42-41-,46-44-. The van der Waals surface area contributed by atoms with Crippen LogP contribution in [0.4, 0.5) is 0 Å². The molecule has 0 aliphatic carbocycles. The van der Waals surface area contributed by atoms with Crippen LogP contribution in [0.3, 0.4) is 0 Å². The van der Waals surface area contributed by atoms with Crippen LogP contribution in [0.2, 0.25) is 0 Å². The number of ether oxygens (including phenoxy) is 2. The van der Waals surface area contributed by atoms with Gasteiger partial charge in [-0.05, 0) is 122 Å². The number of hydrogen-bond acceptors (Lipinski definition) is 5. The van der Waals surface area contributed by atoms with Crippen molar-refractivity contribution in [3.8, 4) is 0 Å². The second-order valence-corrected chi connectivity index (χ2v) is 25.7. The molecule has 1 N–H and O–H groups in total. The first-order valence-electron chi connectivity index (χ1n) is 39.0. The summed E-state index contributed by atoms with van der Waals surface area (Å²) >= 11 is 0. The molecule has 0 fully saturated rings. The summed E-state index contributed by atoms with van der Waals surface area (Å²) in [5, 5.41) is 9.73. The third-order valence-corrected chi connectivity index (χ3v) is 16.8. The number of rotatable bonds is 71. The van der Waals surface area contributed by atoms with E-state index >= 15 is 0 Å². The molecule has 0 heterocycles. The van der Waals surface area contributed by atoms with Crippen LogP contribution in [0.1, 0.15) is 361 Å². The van der Waals surface area contributed by atoms with Gasteiger partial charge in [-0.25, -0.2) is 0 Å². The van der Waals surface area contributed by atoms with Crippen molar-refractivity contribution in [2.45, 2.75) is 367 Å². The maximum atomic E-state index is 12.4. The first-order chi connectivity index (χ1) is 45.6. The number of carbonyl (C=O) groups is 2. The number of aliphatic hydroxyl groups excluding tert-OH is 1. The highest BCUT2D eigenvalue weighted by Gasteiger charge is 2.16. The van der Waals surface area contributed by atoms with Crippen LogP contribution in [-0.4, -0.2) is 36.4 Å². The molecule has 524 valence electrons. The number of carbonyl (C=O) groups excluding carboxylic acids is 2. The normalized spacial score (nSPS) is 13.1. The Morgan fingerprint density at radius 2 is 0.435 bits per heavy atom. The summed E-state index contributed by atoms with van der Waals surface area (Å²) in [7, 11) is 0. The molecule has 0 aromatic heterocycles. The Hall–Kier alpha value is -4.48. The van der Waals surface area contributed by atoms with Gasteiger partial charge in [0.15, 0.2) is 6.10 Å². The maximum absolute atomic E-state index is 12.4. The van der Waals surface area contributed by atoms with Gasteiger partial charge in [0.2, 0.25) is 0 Å². The Morgan fingerprint density at radius 1 is 0.250 bits per heavy atom. The van der Waals surface area contributed by atoms with Gasteiger partial charge < -0.3 is 14.6 Å². The highest BCUT2D eigenvalue weighted by Crippen LogP contribution is 2.18. The minimum absolute atomic E-state index is 0.0676. The Labute approximate surface area is 571 Å². The van der Waals surface area contributed by atoms with E-state index in [0.717, 1.165) is 122 Å².